The third-order valence-corrected chi connectivity index (χ3v) is 10.6. The number of halogens is 4. The van der Waals surface area contributed by atoms with Gasteiger partial charge in [-0.1, -0.05) is 24.3 Å². The summed E-state index contributed by atoms with van der Waals surface area (Å²) in [6.07, 6.45) is 8.61. The molecule has 0 saturated heterocycles. The Bertz CT molecular complexity index is 1830. The summed E-state index contributed by atoms with van der Waals surface area (Å²) in [5.41, 5.74) is 3.52. The summed E-state index contributed by atoms with van der Waals surface area (Å²) in [7, 11) is -4.37. The number of sulfone groups is 1. The number of thiazole rings is 2. The molecule has 43 heavy (non-hydrogen) atoms. The van der Waals surface area contributed by atoms with Gasteiger partial charge >= 0.3 is 0 Å². The standard InChI is InChI=1S/C32H24F4N2O2S3/c1-17-13-41-31(37-17)23-7-3-5-21(23)19-9-27(33)25(28(34)10-19)15-43(39,40)16-26-29(35)11-20(12-30(26)36)22-6-4-8-24(22)32-38-18(2)14-42-32/h5-14H,3-4,15-16H2,1-2H3. The highest BCUT2D eigenvalue weighted by atomic mass is 32.2. The van der Waals surface area contributed by atoms with Crippen LogP contribution < -0.4 is 0 Å². The summed E-state index contributed by atoms with van der Waals surface area (Å²) in [6.45, 7) is 3.70. The van der Waals surface area contributed by atoms with E-state index < -0.39 is 55.7 Å². The molecule has 4 nitrogen and oxygen atoms in total. The van der Waals surface area contributed by atoms with Gasteiger partial charge in [-0.15, -0.1) is 22.7 Å². The molecule has 0 fully saturated rings. The van der Waals surface area contributed by atoms with Crippen molar-refractivity contribution in [3.63, 3.8) is 0 Å². The quantitative estimate of drug-likeness (QED) is 0.181. The third-order valence-electron chi connectivity index (χ3n) is 7.20. The predicted molar refractivity (Wildman–Crippen MR) is 164 cm³/mol. The number of aromatic nitrogens is 2. The fourth-order valence-electron chi connectivity index (χ4n) is 5.22. The van der Waals surface area contributed by atoms with Crippen LogP contribution in [0.5, 0.6) is 0 Å². The van der Waals surface area contributed by atoms with Gasteiger partial charge in [-0.25, -0.2) is 35.9 Å². The minimum Gasteiger partial charge on any atom is -0.241 e. The first-order valence-corrected chi connectivity index (χ1v) is 16.9. The van der Waals surface area contributed by atoms with Crippen molar-refractivity contribution in [2.24, 2.45) is 0 Å². The van der Waals surface area contributed by atoms with Crippen LogP contribution in [0.25, 0.3) is 22.3 Å². The van der Waals surface area contributed by atoms with Crippen molar-refractivity contribution in [3.05, 3.63) is 126 Å². The fourth-order valence-corrected chi connectivity index (χ4v) is 8.46. The molecule has 0 unspecified atom stereocenters. The number of aryl methyl sites for hydroxylation is 2. The minimum absolute atomic E-state index is 0.253. The van der Waals surface area contributed by atoms with Crippen molar-refractivity contribution >= 4 is 54.8 Å². The molecule has 2 heterocycles. The zero-order valence-corrected chi connectivity index (χ0v) is 25.5. The van der Waals surface area contributed by atoms with E-state index in [2.05, 4.69) is 9.97 Å². The van der Waals surface area contributed by atoms with Crippen molar-refractivity contribution in [2.45, 2.75) is 38.2 Å². The van der Waals surface area contributed by atoms with Gasteiger partial charge < -0.3 is 0 Å². The Balaban J connectivity index is 1.22. The van der Waals surface area contributed by atoms with E-state index in [0.29, 0.717) is 24.0 Å². The van der Waals surface area contributed by atoms with Crippen LogP contribution >= 0.6 is 22.7 Å². The van der Waals surface area contributed by atoms with Crippen LogP contribution in [-0.2, 0) is 21.3 Å². The maximum Gasteiger partial charge on any atom is 0.159 e. The van der Waals surface area contributed by atoms with Crippen LogP contribution in [0.2, 0.25) is 0 Å². The van der Waals surface area contributed by atoms with Gasteiger partial charge in [-0.2, -0.15) is 0 Å². The summed E-state index contributed by atoms with van der Waals surface area (Å²) in [6, 6.07) is 4.33. The second kappa shape index (κ2) is 11.4. The lowest BCUT2D eigenvalue weighted by Crippen LogP contribution is -2.13. The van der Waals surface area contributed by atoms with E-state index in [1.807, 2.05) is 48.9 Å². The first kappa shape index (κ1) is 29.4. The van der Waals surface area contributed by atoms with E-state index in [9.17, 15) is 8.42 Å². The van der Waals surface area contributed by atoms with Crippen LogP contribution in [0.1, 0.15) is 56.5 Å². The Labute approximate surface area is 254 Å². The molecule has 2 aromatic carbocycles. The Morgan fingerprint density at radius 1 is 0.628 bits per heavy atom. The van der Waals surface area contributed by atoms with E-state index in [-0.39, 0.29) is 11.1 Å². The van der Waals surface area contributed by atoms with Gasteiger partial charge in [0.05, 0.1) is 11.5 Å². The first-order chi connectivity index (χ1) is 20.5. The van der Waals surface area contributed by atoms with Gasteiger partial charge in [0.2, 0.25) is 0 Å². The van der Waals surface area contributed by atoms with Gasteiger partial charge in [0.25, 0.3) is 0 Å². The van der Waals surface area contributed by atoms with Gasteiger partial charge in [-0.05, 0) is 73.2 Å². The summed E-state index contributed by atoms with van der Waals surface area (Å²) >= 11 is 2.84. The zero-order chi connectivity index (χ0) is 30.5. The predicted octanol–water partition coefficient (Wildman–Crippen LogP) is 8.63. The number of rotatable bonds is 8. The number of nitrogens with zero attached hydrogens (tertiary/aromatic N) is 2. The molecule has 220 valence electrons. The molecule has 0 radical (unpaired) electrons. The molecule has 0 bridgehead atoms. The van der Waals surface area contributed by atoms with E-state index in [1.165, 1.54) is 22.7 Å². The third kappa shape index (κ3) is 5.93. The van der Waals surface area contributed by atoms with Crippen LogP contribution in [0.4, 0.5) is 17.6 Å². The fraction of sp³-hybridized carbons (Fsp3) is 0.188. The molecule has 0 N–H and O–H groups in total. The smallest absolute Gasteiger partial charge is 0.159 e. The van der Waals surface area contributed by atoms with E-state index in [1.54, 1.807) is 0 Å². The zero-order valence-electron chi connectivity index (χ0n) is 23.0. The van der Waals surface area contributed by atoms with Crippen LogP contribution in [0.15, 0.2) is 59.3 Å². The Kier molecular flexibility index (Phi) is 7.82. The summed E-state index contributed by atoms with van der Waals surface area (Å²) in [5, 5.41) is 5.20. The highest BCUT2D eigenvalue weighted by Crippen LogP contribution is 2.40. The summed E-state index contributed by atoms with van der Waals surface area (Å²) < 4.78 is 86.8. The molecule has 11 heteroatoms. The molecule has 2 aromatic heterocycles. The average Bonchev–Trinajstić information content (AvgIpc) is 3.75. The number of allylic oxidation sites excluding steroid dienone is 8. The second-order valence-corrected chi connectivity index (χ2v) is 14.2. The van der Waals surface area contributed by atoms with E-state index in [4.69, 9.17) is 0 Å². The molecule has 0 atom stereocenters. The lowest BCUT2D eigenvalue weighted by atomic mass is 9.99. The average molecular weight is 641 g/mol. The normalized spacial score (nSPS) is 15.0. The maximum atomic E-state index is 15.2. The second-order valence-electron chi connectivity index (χ2n) is 10.4. The molecule has 2 aliphatic carbocycles. The van der Waals surface area contributed by atoms with E-state index >= 15 is 17.6 Å². The molecule has 0 saturated carbocycles. The van der Waals surface area contributed by atoms with Crippen molar-refractivity contribution in [1.82, 2.24) is 9.97 Å². The largest absolute Gasteiger partial charge is 0.241 e. The lowest BCUT2D eigenvalue weighted by Gasteiger charge is -2.13. The van der Waals surface area contributed by atoms with Gasteiger partial charge in [0.1, 0.15) is 33.3 Å². The highest BCUT2D eigenvalue weighted by molar-refractivity contribution is 7.89. The minimum atomic E-state index is -4.37. The molecule has 0 spiro atoms. The van der Waals surface area contributed by atoms with Gasteiger partial charge in [-0.3, -0.25) is 0 Å². The van der Waals surface area contributed by atoms with Crippen molar-refractivity contribution in [1.29, 1.82) is 0 Å². The lowest BCUT2D eigenvalue weighted by molar-refractivity contribution is 0.547. The molecule has 0 aliphatic heterocycles. The Morgan fingerprint density at radius 2 is 0.977 bits per heavy atom. The molecule has 4 aromatic rings. The van der Waals surface area contributed by atoms with Crippen molar-refractivity contribution in [3.8, 4) is 0 Å². The van der Waals surface area contributed by atoms with E-state index in [0.717, 1.165) is 56.8 Å². The number of hydrogen-bond acceptors (Lipinski definition) is 6. The molecule has 6 rings (SSSR count). The molecular weight excluding hydrogens is 617 g/mol. The molecule has 2 aliphatic rings. The molecular formula is C32H24F4N2O2S3. The monoisotopic (exact) mass is 640 g/mol. The summed E-state index contributed by atoms with van der Waals surface area (Å²) in [4.78, 5) is 8.91. The number of benzene rings is 2. The van der Waals surface area contributed by atoms with Gasteiger partial charge in [0.15, 0.2) is 9.84 Å². The first-order valence-electron chi connectivity index (χ1n) is 13.3. The maximum absolute atomic E-state index is 15.2. The number of hydrogen-bond donors (Lipinski definition) is 0. The summed E-state index contributed by atoms with van der Waals surface area (Å²) in [5.74, 6) is -6.32. The topological polar surface area (TPSA) is 59.9 Å². The highest BCUT2D eigenvalue weighted by Gasteiger charge is 2.27. The van der Waals surface area contributed by atoms with Crippen molar-refractivity contribution in [2.75, 3.05) is 0 Å². The van der Waals surface area contributed by atoms with Gasteiger partial charge in [0, 0.05) is 44.4 Å². The van der Waals surface area contributed by atoms with Crippen molar-refractivity contribution < 1.29 is 26.0 Å². The van der Waals surface area contributed by atoms with Crippen LogP contribution in [0.3, 0.4) is 0 Å². The Hall–Kier alpha value is -3.67. The van der Waals surface area contributed by atoms with Crippen LogP contribution in [0, 0.1) is 37.1 Å². The van der Waals surface area contributed by atoms with Crippen LogP contribution in [-0.4, -0.2) is 18.4 Å². The SMILES string of the molecule is Cc1csc(C2=CCC=C2c2cc(F)c(CS(=O)(=O)Cc3c(F)cc(C4=CCC=C4c4nc(C)cs4)cc3F)c(F)c2)n1. The molecule has 0 amide bonds. The Morgan fingerprint density at radius 3 is 1.30 bits per heavy atom.